The summed E-state index contributed by atoms with van der Waals surface area (Å²) in [4.78, 5) is 67.6. The van der Waals surface area contributed by atoms with Gasteiger partial charge in [0.2, 0.25) is 0 Å². The van der Waals surface area contributed by atoms with Crippen molar-refractivity contribution in [2.45, 2.75) is 143 Å². The van der Waals surface area contributed by atoms with Crippen molar-refractivity contribution in [1.82, 2.24) is 14.7 Å². The standard InChI is InChI=1S/C39H51N3O9/c1-35(2,3)23-17-21(18-24(29(23)45)36(4,5)6)13-15-27(43)50-31-39(41-32(47)40(31)33(48)42(39)34(41)49)51-28(44)16-14-22-19-25(37(7,8)9)30(46)26(20-22)38(10,11)12/h17-20,31,45-46H,13-16H2,1-12H3. The Morgan fingerprint density at radius 2 is 0.941 bits per heavy atom. The molecule has 3 heterocycles. The van der Waals surface area contributed by atoms with Crippen molar-refractivity contribution in [2.75, 3.05) is 0 Å². The van der Waals surface area contributed by atoms with Gasteiger partial charge in [0.15, 0.2) is 0 Å². The Hall–Kier alpha value is -4.61. The molecular formula is C39H51N3O9. The molecule has 0 aromatic heterocycles. The van der Waals surface area contributed by atoms with Gasteiger partial charge >= 0.3 is 35.9 Å². The van der Waals surface area contributed by atoms with Crippen LogP contribution in [0.15, 0.2) is 24.3 Å². The van der Waals surface area contributed by atoms with Gasteiger partial charge in [-0.05, 0) is 67.9 Å². The molecule has 2 bridgehead atoms. The molecule has 51 heavy (non-hydrogen) atoms. The summed E-state index contributed by atoms with van der Waals surface area (Å²) in [5, 5.41) is 22.1. The van der Waals surface area contributed by atoms with Crippen LogP contribution in [0.2, 0.25) is 0 Å². The highest BCUT2D eigenvalue weighted by atomic mass is 16.7. The largest absolute Gasteiger partial charge is 0.507 e. The van der Waals surface area contributed by atoms with E-state index in [-0.39, 0.29) is 58.8 Å². The van der Waals surface area contributed by atoms with Crippen molar-refractivity contribution in [3.05, 3.63) is 57.6 Å². The summed E-state index contributed by atoms with van der Waals surface area (Å²) in [6, 6.07) is 4.35. The van der Waals surface area contributed by atoms with E-state index in [1.807, 2.05) is 107 Å². The lowest BCUT2D eigenvalue weighted by Gasteiger charge is -2.49. The second kappa shape index (κ2) is 12.0. The smallest absolute Gasteiger partial charge is 0.348 e. The first-order chi connectivity index (χ1) is 23.2. The van der Waals surface area contributed by atoms with E-state index in [0.29, 0.717) is 14.7 Å². The third kappa shape index (κ3) is 6.31. The quantitative estimate of drug-likeness (QED) is 0.271. The van der Waals surface area contributed by atoms with E-state index in [1.165, 1.54) is 0 Å². The Morgan fingerprint density at radius 1 is 0.608 bits per heavy atom. The Kier molecular flexibility index (Phi) is 8.84. The van der Waals surface area contributed by atoms with Gasteiger partial charge in [-0.2, -0.15) is 14.7 Å². The molecule has 3 aliphatic heterocycles. The van der Waals surface area contributed by atoms with E-state index in [0.717, 1.165) is 33.4 Å². The number of phenolic OH excluding ortho intramolecular Hbond substituents is 2. The van der Waals surface area contributed by atoms with Crippen molar-refractivity contribution in [3.8, 4) is 11.5 Å². The molecule has 12 nitrogen and oxygen atoms in total. The zero-order chi connectivity index (χ0) is 38.4. The molecule has 2 N–H and O–H groups in total. The van der Waals surface area contributed by atoms with Crippen LogP contribution in [0.25, 0.3) is 0 Å². The molecule has 0 spiro atoms. The summed E-state index contributed by atoms with van der Waals surface area (Å²) < 4.78 is 11.4. The molecule has 2 aromatic carbocycles. The number of ether oxygens (including phenoxy) is 2. The topological polar surface area (TPSA) is 154 Å². The van der Waals surface area contributed by atoms with Crippen molar-refractivity contribution >= 4 is 30.0 Å². The van der Waals surface area contributed by atoms with Crippen LogP contribution in [-0.2, 0) is 53.6 Å². The molecule has 3 saturated heterocycles. The van der Waals surface area contributed by atoms with Crippen LogP contribution in [0.4, 0.5) is 14.4 Å². The summed E-state index contributed by atoms with van der Waals surface area (Å²) >= 11 is 0. The number of aryl methyl sites for hydroxylation is 2. The van der Waals surface area contributed by atoms with E-state index in [1.54, 1.807) is 0 Å². The zero-order valence-electron chi connectivity index (χ0n) is 31.8. The fourth-order valence-corrected chi connectivity index (χ4v) is 6.88. The molecule has 5 rings (SSSR count). The predicted molar refractivity (Wildman–Crippen MR) is 188 cm³/mol. The lowest BCUT2D eigenvalue weighted by molar-refractivity contribution is -0.247. The maximum absolute atomic E-state index is 13.4. The predicted octanol–water partition coefficient (Wildman–Crippen LogP) is 7.23. The van der Waals surface area contributed by atoms with Gasteiger partial charge in [0.1, 0.15) is 11.5 Å². The van der Waals surface area contributed by atoms with Crippen molar-refractivity contribution in [2.24, 2.45) is 0 Å². The van der Waals surface area contributed by atoms with Crippen LogP contribution in [0.3, 0.4) is 0 Å². The average molecular weight is 706 g/mol. The summed E-state index contributed by atoms with van der Waals surface area (Å²) in [7, 11) is 0. The summed E-state index contributed by atoms with van der Waals surface area (Å²) in [5.74, 6) is -3.43. The van der Waals surface area contributed by atoms with Crippen LogP contribution in [0.5, 0.6) is 11.5 Å². The highest BCUT2D eigenvalue weighted by Gasteiger charge is 2.87. The number of rotatable bonds is 8. The molecule has 2 aromatic rings. The van der Waals surface area contributed by atoms with E-state index in [9.17, 15) is 34.2 Å². The Balaban J connectivity index is 1.35. The third-order valence-electron chi connectivity index (χ3n) is 9.69. The third-order valence-corrected chi connectivity index (χ3v) is 9.69. The fraction of sp³-hybridized carbons (Fsp3) is 0.564. The van der Waals surface area contributed by atoms with E-state index >= 15 is 0 Å². The number of amides is 6. The molecule has 3 fully saturated rings. The summed E-state index contributed by atoms with van der Waals surface area (Å²) in [5.41, 5.74) is 2.94. The molecule has 276 valence electrons. The van der Waals surface area contributed by atoms with Gasteiger partial charge in [0.05, 0.1) is 0 Å². The minimum atomic E-state index is -2.24. The zero-order valence-corrected chi connectivity index (χ0v) is 31.8. The normalized spacial score (nSPS) is 20.3. The number of nitrogens with zero attached hydrogens (tertiary/aromatic N) is 3. The first kappa shape index (κ1) is 37.6. The first-order valence-corrected chi connectivity index (χ1v) is 17.4. The van der Waals surface area contributed by atoms with Crippen LogP contribution < -0.4 is 0 Å². The van der Waals surface area contributed by atoms with E-state index in [4.69, 9.17) is 9.47 Å². The molecule has 0 aliphatic carbocycles. The van der Waals surface area contributed by atoms with Gasteiger partial charge in [-0.25, -0.2) is 14.4 Å². The van der Waals surface area contributed by atoms with Crippen LogP contribution in [-0.4, -0.2) is 67.0 Å². The number of aromatic hydroxyl groups is 2. The number of esters is 2. The van der Waals surface area contributed by atoms with Gasteiger partial charge in [-0.15, -0.1) is 0 Å². The monoisotopic (exact) mass is 705 g/mol. The number of fused-ring (bicyclic) bond motifs is 1. The molecule has 1 unspecified atom stereocenters. The molecule has 3 aliphatic rings. The number of imide groups is 3. The highest BCUT2D eigenvalue weighted by molar-refractivity contribution is 6.20. The summed E-state index contributed by atoms with van der Waals surface area (Å²) in [6.07, 6.45) is -1.61. The Bertz CT molecular complexity index is 1730. The van der Waals surface area contributed by atoms with Gasteiger partial charge in [0.25, 0.3) is 6.23 Å². The van der Waals surface area contributed by atoms with Crippen molar-refractivity contribution < 1.29 is 43.7 Å². The lowest BCUT2D eigenvalue weighted by atomic mass is 9.78. The van der Waals surface area contributed by atoms with E-state index < -0.39 is 42.1 Å². The first-order valence-electron chi connectivity index (χ1n) is 17.4. The molecule has 12 heteroatoms. The maximum atomic E-state index is 13.4. The molecular weight excluding hydrogens is 654 g/mol. The number of carbonyl (C=O) groups is 5. The number of urea groups is 3. The lowest BCUT2D eigenvalue weighted by Crippen LogP contribution is -2.81. The van der Waals surface area contributed by atoms with Crippen molar-refractivity contribution in [3.63, 3.8) is 0 Å². The molecule has 0 saturated carbocycles. The Morgan fingerprint density at radius 3 is 1.27 bits per heavy atom. The van der Waals surface area contributed by atoms with E-state index in [2.05, 4.69) is 0 Å². The number of hydrogen-bond acceptors (Lipinski definition) is 9. The second-order valence-corrected chi connectivity index (χ2v) is 17.9. The highest BCUT2D eigenvalue weighted by Crippen LogP contribution is 2.53. The molecule has 1 atom stereocenters. The number of phenols is 2. The molecule has 0 radical (unpaired) electrons. The molecule has 6 amide bonds. The number of benzene rings is 2. The van der Waals surface area contributed by atoms with Crippen LogP contribution in [0, 0.1) is 0 Å². The number of hydrogen-bond donors (Lipinski definition) is 2. The van der Waals surface area contributed by atoms with Crippen LogP contribution >= 0.6 is 0 Å². The minimum Gasteiger partial charge on any atom is -0.507 e. The van der Waals surface area contributed by atoms with Crippen molar-refractivity contribution in [1.29, 1.82) is 0 Å². The maximum Gasteiger partial charge on any atom is 0.348 e. The van der Waals surface area contributed by atoms with Crippen LogP contribution in [0.1, 0.15) is 129 Å². The SMILES string of the molecule is CC(C)(C)c1cc(CCC(=O)OC2N3C(=O)N4C(=O)N(C3=O)C24OC(=O)CCc2cc(C(C)(C)C)c(O)c(C(C)(C)C)c2)cc(C(C)(C)C)c1O. The Labute approximate surface area is 299 Å². The fourth-order valence-electron chi connectivity index (χ4n) is 6.88. The minimum absolute atomic E-state index is 0.157. The number of carbonyl (C=O) groups excluding carboxylic acids is 5. The van der Waals surface area contributed by atoms with Gasteiger partial charge < -0.3 is 19.7 Å². The van der Waals surface area contributed by atoms with Gasteiger partial charge in [-0.3, -0.25) is 9.59 Å². The van der Waals surface area contributed by atoms with Gasteiger partial charge in [0, 0.05) is 12.8 Å². The summed E-state index contributed by atoms with van der Waals surface area (Å²) in [6.45, 7) is 23.8. The average Bonchev–Trinajstić information content (AvgIpc) is 3.28. The second-order valence-electron chi connectivity index (χ2n) is 17.9. The van der Waals surface area contributed by atoms with Gasteiger partial charge in [-0.1, -0.05) is 107 Å².